The number of anilines is 1. The Balaban J connectivity index is 1.39. The van der Waals surface area contributed by atoms with Gasteiger partial charge in [0.05, 0.1) is 29.5 Å². The molecule has 1 N–H and O–H groups in total. The fraction of sp³-hybridized carbons (Fsp3) is 0.222. The van der Waals surface area contributed by atoms with Crippen LogP contribution in [0.4, 0.5) is 5.69 Å². The van der Waals surface area contributed by atoms with Crippen molar-refractivity contribution in [1.29, 1.82) is 0 Å². The van der Waals surface area contributed by atoms with Gasteiger partial charge >= 0.3 is 0 Å². The molecule has 6 nitrogen and oxygen atoms in total. The Morgan fingerprint density at radius 1 is 1.06 bits per heavy atom. The van der Waals surface area contributed by atoms with Crippen LogP contribution < -0.4 is 10.3 Å². The first-order chi connectivity index (χ1) is 17.1. The number of fused-ring (bicyclic) bond motifs is 1. The molecule has 1 aromatic heterocycles. The van der Waals surface area contributed by atoms with Gasteiger partial charge < -0.3 is 9.47 Å². The van der Waals surface area contributed by atoms with Crippen LogP contribution in [0.2, 0.25) is 5.02 Å². The van der Waals surface area contributed by atoms with Crippen molar-refractivity contribution in [2.75, 3.05) is 23.7 Å². The smallest absolute Gasteiger partial charge is 0.250 e. The summed E-state index contributed by atoms with van der Waals surface area (Å²) in [5.41, 5.74) is 7.60. The third-order valence-corrected chi connectivity index (χ3v) is 7.01. The predicted octanol–water partition coefficient (Wildman–Crippen LogP) is 5.83. The lowest BCUT2D eigenvalue weighted by atomic mass is 10.2. The summed E-state index contributed by atoms with van der Waals surface area (Å²) in [6, 6.07) is 23.8. The Labute approximate surface area is 215 Å². The zero-order valence-electron chi connectivity index (χ0n) is 19.8. The molecule has 3 aromatic carbocycles. The van der Waals surface area contributed by atoms with Crippen LogP contribution >= 0.6 is 23.4 Å². The lowest BCUT2D eigenvalue weighted by Gasteiger charge is -2.20. The van der Waals surface area contributed by atoms with Crippen molar-refractivity contribution in [2.24, 2.45) is 5.10 Å². The first-order valence-corrected chi connectivity index (χ1v) is 12.9. The van der Waals surface area contributed by atoms with E-state index in [0.29, 0.717) is 11.6 Å². The average molecular weight is 506 g/mol. The van der Waals surface area contributed by atoms with Crippen molar-refractivity contribution in [3.63, 3.8) is 0 Å². The molecule has 1 amide bonds. The van der Waals surface area contributed by atoms with Gasteiger partial charge in [-0.1, -0.05) is 65.8 Å². The second kappa shape index (κ2) is 11.9. The van der Waals surface area contributed by atoms with Crippen LogP contribution in [0.15, 0.2) is 83.1 Å². The molecule has 0 atom stereocenters. The molecule has 0 saturated heterocycles. The van der Waals surface area contributed by atoms with Gasteiger partial charge in [0.2, 0.25) is 0 Å². The van der Waals surface area contributed by atoms with Crippen molar-refractivity contribution < 1.29 is 4.79 Å². The van der Waals surface area contributed by atoms with Gasteiger partial charge in [-0.15, -0.1) is 0 Å². The van der Waals surface area contributed by atoms with Crippen molar-refractivity contribution in [2.45, 2.75) is 25.5 Å². The largest absolute Gasteiger partial charge is 0.372 e. The standard InChI is InChI=1S/C27H28ClN5OS/c1-3-32(4-2)22-15-13-20(14-16-22)17-29-31-26(34)19-35-27-30-24-11-7-8-12-25(24)33(27)18-21-9-5-6-10-23(21)28/h5-17H,3-4,18-19H2,1-2H3,(H,31,34)/b29-17+. The topological polar surface area (TPSA) is 62.5 Å². The van der Waals surface area contributed by atoms with E-state index in [4.69, 9.17) is 16.6 Å². The number of hydrogen-bond donors (Lipinski definition) is 1. The number of benzene rings is 3. The van der Waals surface area contributed by atoms with Crippen molar-refractivity contribution >= 4 is 52.2 Å². The second-order valence-corrected chi connectivity index (χ2v) is 9.26. The number of para-hydroxylation sites is 2. The van der Waals surface area contributed by atoms with Gasteiger partial charge in [0.25, 0.3) is 5.91 Å². The highest BCUT2D eigenvalue weighted by Crippen LogP contribution is 2.27. The highest BCUT2D eigenvalue weighted by molar-refractivity contribution is 7.99. The lowest BCUT2D eigenvalue weighted by Crippen LogP contribution is -2.21. The number of nitrogens with zero attached hydrogens (tertiary/aromatic N) is 4. The van der Waals surface area contributed by atoms with Gasteiger partial charge in [-0.3, -0.25) is 4.79 Å². The van der Waals surface area contributed by atoms with Gasteiger partial charge in [-0.05, 0) is 55.3 Å². The first-order valence-electron chi connectivity index (χ1n) is 11.6. The molecule has 0 aliphatic rings. The Morgan fingerprint density at radius 3 is 2.51 bits per heavy atom. The molecule has 4 aromatic rings. The second-order valence-electron chi connectivity index (χ2n) is 7.91. The van der Waals surface area contributed by atoms with E-state index in [-0.39, 0.29) is 11.7 Å². The Hall–Kier alpha value is -3.29. The zero-order chi connectivity index (χ0) is 24.6. The molecule has 8 heteroatoms. The fourth-order valence-corrected chi connectivity index (χ4v) is 4.82. The molecular weight excluding hydrogens is 478 g/mol. The van der Waals surface area contributed by atoms with E-state index >= 15 is 0 Å². The van der Waals surface area contributed by atoms with E-state index in [2.05, 4.69) is 46.0 Å². The predicted molar refractivity (Wildman–Crippen MR) is 147 cm³/mol. The maximum absolute atomic E-state index is 12.5. The quantitative estimate of drug-likeness (QED) is 0.167. The number of hydrazone groups is 1. The van der Waals surface area contributed by atoms with Crippen LogP contribution in [0.5, 0.6) is 0 Å². The summed E-state index contributed by atoms with van der Waals surface area (Å²) >= 11 is 7.78. The van der Waals surface area contributed by atoms with E-state index in [0.717, 1.165) is 40.4 Å². The molecule has 0 bridgehead atoms. The number of rotatable bonds is 10. The summed E-state index contributed by atoms with van der Waals surface area (Å²) in [5, 5.41) is 5.59. The van der Waals surface area contributed by atoms with E-state index in [1.54, 1.807) is 6.21 Å². The normalized spacial score (nSPS) is 11.3. The molecule has 180 valence electrons. The molecule has 0 aliphatic heterocycles. The van der Waals surface area contributed by atoms with E-state index in [1.807, 2.05) is 60.7 Å². The van der Waals surface area contributed by atoms with Crippen LogP contribution in [-0.4, -0.2) is 40.5 Å². The Morgan fingerprint density at radius 2 is 1.77 bits per heavy atom. The number of carbonyl (C=O) groups excluding carboxylic acids is 1. The minimum Gasteiger partial charge on any atom is -0.372 e. The molecule has 35 heavy (non-hydrogen) atoms. The summed E-state index contributed by atoms with van der Waals surface area (Å²) in [6.07, 6.45) is 1.65. The number of imidazole rings is 1. The van der Waals surface area contributed by atoms with Crippen LogP contribution in [0.25, 0.3) is 11.0 Å². The van der Waals surface area contributed by atoms with Crippen molar-refractivity contribution in [3.8, 4) is 0 Å². The summed E-state index contributed by atoms with van der Waals surface area (Å²) < 4.78 is 2.09. The Bertz CT molecular complexity index is 1310. The number of thioether (sulfide) groups is 1. The number of nitrogens with one attached hydrogen (secondary N) is 1. The van der Waals surface area contributed by atoms with E-state index < -0.39 is 0 Å². The molecule has 0 aliphatic carbocycles. The highest BCUT2D eigenvalue weighted by atomic mass is 35.5. The average Bonchev–Trinajstić information content (AvgIpc) is 3.23. The maximum atomic E-state index is 12.5. The number of hydrogen-bond acceptors (Lipinski definition) is 5. The van der Waals surface area contributed by atoms with Gasteiger partial charge in [0.15, 0.2) is 5.16 Å². The van der Waals surface area contributed by atoms with E-state index in [9.17, 15) is 4.79 Å². The molecule has 0 spiro atoms. The van der Waals surface area contributed by atoms with Gasteiger partial charge in [-0.2, -0.15) is 5.10 Å². The third-order valence-electron chi connectivity index (χ3n) is 5.66. The molecule has 0 saturated carbocycles. The molecule has 0 fully saturated rings. The van der Waals surface area contributed by atoms with Gasteiger partial charge in [0.1, 0.15) is 0 Å². The van der Waals surface area contributed by atoms with Crippen LogP contribution in [0.3, 0.4) is 0 Å². The number of carbonyl (C=O) groups is 1. The summed E-state index contributed by atoms with van der Waals surface area (Å²) in [7, 11) is 0. The number of amides is 1. The highest BCUT2D eigenvalue weighted by Gasteiger charge is 2.14. The number of aromatic nitrogens is 2. The van der Waals surface area contributed by atoms with Crippen LogP contribution in [0, 0.1) is 0 Å². The zero-order valence-corrected chi connectivity index (χ0v) is 21.4. The monoisotopic (exact) mass is 505 g/mol. The van der Waals surface area contributed by atoms with Gasteiger partial charge in [0, 0.05) is 23.8 Å². The molecule has 4 rings (SSSR count). The lowest BCUT2D eigenvalue weighted by molar-refractivity contribution is -0.118. The fourth-order valence-electron chi connectivity index (χ4n) is 3.81. The Kier molecular flexibility index (Phi) is 8.45. The van der Waals surface area contributed by atoms with Crippen LogP contribution in [0.1, 0.15) is 25.0 Å². The SMILES string of the molecule is CCN(CC)c1ccc(/C=N/NC(=O)CSc2nc3ccccc3n2Cc2ccccc2Cl)cc1. The molecular formula is C27H28ClN5OS. The minimum absolute atomic E-state index is 0.192. The van der Waals surface area contributed by atoms with Crippen LogP contribution in [-0.2, 0) is 11.3 Å². The van der Waals surface area contributed by atoms with E-state index in [1.165, 1.54) is 17.4 Å². The summed E-state index contributed by atoms with van der Waals surface area (Å²) in [5.74, 6) is 0.00624. The summed E-state index contributed by atoms with van der Waals surface area (Å²) in [4.78, 5) is 19.5. The molecule has 1 heterocycles. The maximum Gasteiger partial charge on any atom is 0.250 e. The number of halogens is 1. The van der Waals surface area contributed by atoms with Crippen molar-refractivity contribution in [1.82, 2.24) is 15.0 Å². The third kappa shape index (κ3) is 6.24. The summed E-state index contributed by atoms with van der Waals surface area (Å²) in [6.45, 7) is 6.77. The minimum atomic E-state index is -0.192. The molecule has 0 radical (unpaired) electrons. The van der Waals surface area contributed by atoms with Gasteiger partial charge in [-0.25, -0.2) is 10.4 Å². The molecule has 0 unspecified atom stereocenters. The van der Waals surface area contributed by atoms with Crippen molar-refractivity contribution in [3.05, 3.63) is 88.9 Å². The first kappa shape index (κ1) is 24.8.